The van der Waals surface area contributed by atoms with Gasteiger partial charge < -0.3 is 0 Å². The van der Waals surface area contributed by atoms with Crippen LogP contribution in [0.15, 0.2) is 65.0 Å². The molecular weight excluding hydrogens is 368 g/mol. The number of amides is 1. The third-order valence-electron chi connectivity index (χ3n) is 3.44. The minimum Gasteiger partial charge on any atom is -0.276 e. The molecule has 2 heterocycles. The minimum atomic E-state index is -0.586. The smallest absolute Gasteiger partial charge is 0.276 e. The molecule has 2 aromatic heterocycles. The van der Waals surface area contributed by atoms with Crippen molar-refractivity contribution in [3.63, 3.8) is 0 Å². The van der Waals surface area contributed by atoms with E-state index in [-0.39, 0.29) is 16.5 Å². The number of aromatic nitrogens is 3. The van der Waals surface area contributed by atoms with E-state index in [9.17, 15) is 14.9 Å². The van der Waals surface area contributed by atoms with E-state index in [1.165, 1.54) is 30.9 Å². The lowest BCUT2D eigenvalue weighted by atomic mass is 10.2. The van der Waals surface area contributed by atoms with Gasteiger partial charge in [-0.1, -0.05) is 29.5 Å². The summed E-state index contributed by atoms with van der Waals surface area (Å²) in [6.07, 6.45) is 4.14. The van der Waals surface area contributed by atoms with Crippen molar-refractivity contribution in [2.45, 2.75) is 16.8 Å². The highest BCUT2D eigenvalue weighted by atomic mass is 32.2. The van der Waals surface area contributed by atoms with E-state index in [0.717, 1.165) is 22.2 Å². The molecule has 0 atom stereocenters. The zero-order chi connectivity index (χ0) is 19.2. The van der Waals surface area contributed by atoms with E-state index in [4.69, 9.17) is 0 Å². The molecule has 27 heavy (non-hydrogen) atoms. The van der Waals surface area contributed by atoms with E-state index in [0.29, 0.717) is 5.56 Å². The van der Waals surface area contributed by atoms with Gasteiger partial charge in [-0.2, -0.15) is 0 Å². The van der Waals surface area contributed by atoms with Gasteiger partial charge in [-0.3, -0.25) is 30.7 Å². The third kappa shape index (κ3) is 4.55. The molecule has 10 heteroatoms. The second kappa shape index (κ2) is 8.23. The predicted octanol–water partition coefficient (Wildman–Crippen LogP) is 3.00. The Morgan fingerprint density at radius 1 is 1.11 bits per heavy atom. The number of anilines is 1. The van der Waals surface area contributed by atoms with Crippen LogP contribution in [0.5, 0.6) is 0 Å². The molecule has 0 unspecified atom stereocenters. The maximum absolute atomic E-state index is 12.1. The van der Waals surface area contributed by atoms with Gasteiger partial charge in [0.25, 0.3) is 5.91 Å². The summed E-state index contributed by atoms with van der Waals surface area (Å²) in [5.41, 5.74) is 6.00. The summed E-state index contributed by atoms with van der Waals surface area (Å²) in [4.78, 5) is 35.6. The van der Waals surface area contributed by atoms with Gasteiger partial charge in [-0.05, 0) is 31.2 Å². The van der Waals surface area contributed by atoms with Crippen molar-refractivity contribution in [1.82, 2.24) is 20.4 Å². The molecular formula is C17H14N6O3S. The number of rotatable bonds is 6. The van der Waals surface area contributed by atoms with Gasteiger partial charge in [0.15, 0.2) is 5.03 Å². The number of pyridine rings is 1. The molecule has 0 saturated carbocycles. The molecule has 0 saturated heterocycles. The Kier molecular flexibility index (Phi) is 5.57. The summed E-state index contributed by atoms with van der Waals surface area (Å²) >= 11 is 1.14. The Balaban J connectivity index is 1.82. The van der Waals surface area contributed by atoms with Crippen LogP contribution < -0.4 is 10.9 Å². The molecule has 0 spiro atoms. The molecule has 9 nitrogen and oxygen atoms in total. The highest BCUT2D eigenvalue weighted by Crippen LogP contribution is 2.36. The predicted molar refractivity (Wildman–Crippen MR) is 99.3 cm³/mol. The fraction of sp³-hybridized carbons (Fsp3) is 0.0588. The lowest BCUT2D eigenvalue weighted by Gasteiger charge is -2.09. The van der Waals surface area contributed by atoms with Crippen LogP contribution in [0.25, 0.3) is 0 Å². The second-order valence-corrected chi connectivity index (χ2v) is 6.43. The van der Waals surface area contributed by atoms with Gasteiger partial charge in [-0.25, -0.2) is 9.97 Å². The van der Waals surface area contributed by atoms with Crippen LogP contribution in [-0.2, 0) is 0 Å². The topological polar surface area (TPSA) is 123 Å². The number of hydrazine groups is 1. The SMILES string of the molecule is Cc1ccc(Sc2ncnc(NNC(=O)c3ccncc3)c2[N+](=O)[O-])cc1. The molecule has 0 bridgehead atoms. The summed E-state index contributed by atoms with van der Waals surface area (Å²) in [7, 11) is 0. The number of hydrogen-bond donors (Lipinski definition) is 2. The molecule has 0 radical (unpaired) electrons. The number of aryl methyl sites for hydroxylation is 1. The molecule has 2 N–H and O–H groups in total. The summed E-state index contributed by atoms with van der Waals surface area (Å²) in [5, 5.41) is 11.7. The normalized spacial score (nSPS) is 10.3. The molecule has 0 aliphatic heterocycles. The third-order valence-corrected chi connectivity index (χ3v) is 4.44. The lowest BCUT2D eigenvalue weighted by Crippen LogP contribution is -2.30. The minimum absolute atomic E-state index is 0.105. The number of carbonyl (C=O) groups is 1. The first kappa shape index (κ1) is 18.3. The fourth-order valence-electron chi connectivity index (χ4n) is 2.10. The van der Waals surface area contributed by atoms with Gasteiger partial charge in [0.1, 0.15) is 6.33 Å². The number of carbonyl (C=O) groups excluding carboxylic acids is 1. The monoisotopic (exact) mass is 382 g/mol. The molecule has 3 aromatic rings. The molecule has 136 valence electrons. The van der Waals surface area contributed by atoms with Crippen LogP contribution in [0.2, 0.25) is 0 Å². The van der Waals surface area contributed by atoms with Crippen molar-refractivity contribution < 1.29 is 9.72 Å². The molecule has 1 aromatic carbocycles. The number of nitrogens with zero attached hydrogens (tertiary/aromatic N) is 4. The van der Waals surface area contributed by atoms with Crippen LogP contribution in [-0.4, -0.2) is 25.8 Å². The first-order chi connectivity index (χ1) is 13.0. The van der Waals surface area contributed by atoms with E-state index in [1.54, 1.807) is 0 Å². The zero-order valence-electron chi connectivity index (χ0n) is 14.1. The van der Waals surface area contributed by atoms with Crippen LogP contribution >= 0.6 is 11.8 Å². The van der Waals surface area contributed by atoms with Crippen LogP contribution in [0.1, 0.15) is 15.9 Å². The van der Waals surface area contributed by atoms with Crippen molar-refractivity contribution in [1.29, 1.82) is 0 Å². The quantitative estimate of drug-likeness (QED) is 0.379. The molecule has 0 fully saturated rings. The Morgan fingerprint density at radius 3 is 2.48 bits per heavy atom. The summed E-state index contributed by atoms with van der Waals surface area (Å²) in [5.74, 6) is -0.579. The summed E-state index contributed by atoms with van der Waals surface area (Å²) in [6.45, 7) is 1.95. The highest BCUT2D eigenvalue weighted by molar-refractivity contribution is 7.99. The van der Waals surface area contributed by atoms with E-state index >= 15 is 0 Å². The fourth-order valence-corrected chi connectivity index (χ4v) is 2.97. The van der Waals surface area contributed by atoms with Crippen molar-refractivity contribution in [3.05, 3.63) is 76.4 Å². The van der Waals surface area contributed by atoms with Crippen LogP contribution in [0.4, 0.5) is 11.5 Å². The highest BCUT2D eigenvalue weighted by Gasteiger charge is 2.24. The van der Waals surface area contributed by atoms with Crippen molar-refractivity contribution in [3.8, 4) is 0 Å². The average molecular weight is 382 g/mol. The molecule has 3 rings (SSSR count). The van der Waals surface area contributed by atoms with Crippen LogP contribution in [0, 0.1) is 17.0 Å². The Hall–Kier alpha value is -3.53. The number of hydrogen-bond acceptors (Lipinski definition) is 8. The second-order valence-electron chi connectivity index (χ2n) is 5.36. The van der Waals surface area contributed by atoms with Gasteiger partial charge in [-0.15, -0.1) is 0 Å². The zero-order valence-corrected chi connectivity index (χ0v) is 14.9. The van der Waals surface area contributed by atoms with E-state index < -0.39 is 10.8 Å². The van der Waals surface area contributed by atoms with Gasteiger partial charge in [0, 0.05) is 22.9 Å². The van der Waals surface area contributed by atoms with E-state index in [1.807, 2.05) is 31.2 Å². The average Bonchev–Trinajstić information content (AvgIpc) is 2.68. The van der Waals surface area contributed by atoms with Gasteiger partial charge in [0.2, 0.25) is 5.82 Å². The van der Waals surface area contributed by atoms with E-state index in [2.05, 4.69) is 25.8 Å². The van der Waals surface area contributed by atoms with Gasteiger partial charge >= 0.3 is 5.69 Å². The maximum Gasteiger partial charge on any atom is 0.345 e. The number of nitrogens with one attached hydrogen (secondary N) is 2. The maximum atomic E-state index is 12.1. The molecule has 1 amide bonds. The van der Waals surface area contributed by atoms with Gasteiger partial charge in [0.05, 0.1) is 4.92 Å². The standard InChI is InChI=1S/C17H14N6O3S/c1-11-2-4-13(5-3-11)27-17-14(23(25)26)15(19-10-20-17)21-22-16(24)12-6-8-18-9-7-12/h2-10H,1H3,(H,22,24)(H,19,20,21). The summed E-state index contributed by atoms with van der Waals surface area (Å²) < 4.78 is 0. The Labute approximate surface area is 158 Å². The first-order valence-electron chi connectivity index (χ1n) is 7.75. The Morgan fingerprint density at radius 2 is 1.81 bits per heavy atom. The van der Waals surface area contributed by atoms with Crippen LogP contribution in [0.3, 0.4) is 0 Å². The number of nitro groups is 1. The largest absolute Gasteiger partial charge is 0.345 e. The molecule has 0 aliphatic rings. The first-order valence-corrected chi connectivity index (χ1v) is 8.56. The lowest BCUT2D eigenvalue weighted by molar-refractivity contribution is -0.387. The Bertz CT molecular complexity index is 966. The number of benzene rings is 1. The summed E-state index contributed by atoms with van der Waals surface area (Å²) in [6, 6.07) is 10.6. The molecule has 0 aliphatic carbocycles. The van der Waals surface area contributed by atoms with Crippen molar-refractivity contribution in [2.75, 3.05) is 5.43 Å². The van der Waals surface area contributed by atoms with Crippen molar-refractivity contribution in [2.24, 2.45) is 0 Å². The van der Waals surface area contributed by atoms with Crippen molar-refractivity contribution >= 4 is 29.2 Å².